The van der Waals surface area contributed by atoms with Crippen LogP contribution in [0.4, 0.5) is 43.9 Å². The Hall–Kier alpha value is -0.420. The van der Waals surface area contributed by atoms with E-state index in [2.05, 4.69) is 34.5 Å². The van der Waals surface area contributed by atoms with Crippen molar-refractivity contribution >= 4 is 23.2 Å². The lowest BCUT2D eigenvalue weighted by Crippen LogP contribution is -2.71. The van der Waals surface area contributed by atoms with Crippen molar-refractivity contribution in [3.8, 4) is 0 Å². The molecule has 0 rings (SSSR count). The molecule has 0 saturated carbocycles. The molecule has 0 aliphatic rings. The molecule has 2 atom stereocenters. The summed E-state index contributed by atoms with van der Waals surface area (Å²) in [4.78, 5) is 0. The number of rotatable bonds is 6. The summed E-state index contributed by atoms with van der Waals surface area (Å²) in [6, 6.07) is 0. The Morgan fingerprint density at radius 1 is 0.818 bits per heavy atom. The number of hydrogen-bond donors (Lipinski definition) is 0. The monoisotopic (exact) mass is 390 g/mol. The molecule has 0 aromatic rings. The lowest BCUT2D eigenvalue weighted by Gasteiger charge is -2.44. The molecule has 0 fully saturated rings. The fraction of sp³-hybridized carbons (Fsp3) is 0.778. The van der Waals surface area contributed by atoms with Crippen LogP contribution in [0.15, 0.2) is 12.7 Å². The van der Waals surface area contributed by atoms with Crippen molar-refractivity contribution in [3.05, 3.63) is 12.7 Å². The van der Waals surface area contributed by atoms with Gasteiger partial charge in [-0.3, -0.25) is 0 Å². The smallest absolute Gasteiger partial charge is 0.360 e. The predicted molar refractivity (Wildman–Crippen MR) is 56.4 cm³/mol. The molecule has 0 aliphatic carbocycles. The average Bonchev–Trinajstić information content (AvgIpc) is 2.26. The highest BCUT2D eigenvalue weighted by molar-refractivity contribution is 6.33. The Labute approximate surface area is 126 Å². The fourth-order valence-corrected chi connectivity index (χ4v) is 1.59. The lowest BCUT2D eigenvalue weighted by atomic mass is 9.87. The predicted octanol–water partition coefficient (Wildman–Crippen LogP) is 5.13. The van der Waals surface area contributed by atoms with Crippen LogP contribution in [0, 0.1) is 0 Å². The second kappa shape index (κ2) is 5.59. The van der Waals surface area contributed by atoms with Crippen molar-refractivity contribution in [1.82, 2.24) is 0 Å². The molecule has 0 radical (unpaired) electrons. The summed E-state index contributed by atoms with van der Waals surface area (Å²) in [6.45, 7) is 2.25. The molecule has 0 bridgehead atoms. The topological polar surface area (TPSA) is 9.23 Å². The van der Waals surface area contributed by atoms with Crippen LogP contribution in [0.3, 0.4) is 0 Å². The van der Waals surface area contributed by atoms with Crippen LogP contribution >= 0.6 is 23.2 Å². The molecule has 2 unspecified atom stereocenters. The van der Waals surface area contributed by atoms with Crippen molar-refractivity contribution < 1.29 is 48.6 Å². The minimum atomic E-state index is -6.81. The van der Waals surface area contributed by atoms with Crippen LogP contribution < -0.4 is 0 Å². The van der Waals surface area contributed by atoms with Gasteiger partial charge in [-0.15, -0.1) is 0 Å². The maximum atomic E-state index is 13.7. The van der Waals surface area contributed by atoms with Crippen LogP contribution in [0.1, 0.15) is 0 Å². The Bertz CT molecular complexity index is 427. The molecule has 22 heavy (non-hydrogen) atoms. The van der Waals surface area contributed by atoms with E-state index in [1.807, 2.05) is 0 Å². The van der Waals surface area contributed by atoms with Crippen LogP contribution in [-0.2, 0) is 4.74 Å². The second-order valence-corrected chi connectivity index (χ2v) is 4.86. The van der Waals surface area contributed by atoms with E-state index >= 15 is 0 Å². The summed E-state index contributed by atoms with van der Waals surface area (Å²) in [7, 11) is -0.0911. The van der Waals surface area contributed by atoms with Gasteiger partial charge in [0.25, 0.3) is 5.60 Å². The Balaban J connectivity index is 6.48. The van der Waals surface area contributed by atoms with E-state index in [9.17, 15) is 43.9 Å². The van der Waals surface area contributed by atoms with Gasteiger partial charge in [0.15, 0.2) is 0 Å². The van der Waals surface area contributed by atoms with Crippen LogP contribution in [0.5, 0.6) is 0 Å². The normalized spacial score (nSPS) is 20.2. The third kappa shape index (κ3) is 2.64. The highest BCUT2D eigenvalue weighted by atomic mass is 35.5. The van der Waals surface area contributed by atoms with Crippen molar-refractivity contribution in [2.24, 2.45) is 0 Å². The quantitative estimate of drug-likeness (QED) is 0.347. The second-order valence-electron chi connectivity index (χ2n) is 3.86. The van der Waals surface area contributed by atoms with Crippen molar-refractivity contribution in [2.45, 2.75) is 34.1 Å². The van der Waals surface area contributed by atoms with Crippen LogP contribution in [-0.4, -0.2) is 41.2 Å². The standard InChI is InChI=1S/C9H6Cl2F10O/c1-3-4(22-2,9(19,20)21)6(13,14)7(15,16)5(10,12)8(11,17)18/h3H,1H2,2H3. The number of methoxy groups -OCH3 is 1. The lowest BCUT2D eigenvalue weighted by molar-refractivity contribution is -0.384. The first-order valence-corrected chi connectivity index (χ1v) is 5.58. The number of halogens is 12. The Morgan fingerprint density at radius 2 is 1.18 bits per heavy atom. The SMILES string of the molecule is C=CC(OC)(C(F)(F)F)C(F)(F)C(F)(F)C(F)(Cl)C(F)(F)Cl. The summed E-state index contributed by atoms with van der Waals surface area (Å²) in [5.74, 6) is -13.4. The summed E-state index contributed by atoms with van der Waals surface area (Å²) in [6.07, 6.45) is -7.12. The van der Waals surface area contributed by atoms with E-state index in [-0.39, 0.29) is 7.11 Å². The van der Waals surface area contributed by atoms with E-state index < -0.39 is 40.2 Å². The maximum Gasteiger partial charge on any atom is 0.427 e. The third-order valence-corrected chi connectivity index (χ3v) is 3.47. The summed E-state index contributed by atoms with van der Waals surface area (Å²) in [5.41, 5.74) is -5.21. The summed E-state index contributed by atoms with van der Waals surface area (Å²) < 4.78 is 134. The van der Waals surface area contributed by atoms with Crippen LogP contribution in [0.2, 0.25) is 0 Å². The van der Waals surface area contributed by atoms with Crippen LogP contribution in [0.25, 0.3) is 0 Å². The molecular weight excluding hydrogens is 385 g/mol. The highest BCUT2D eigenvalue weighted by Gasteiger charge is 2.87. The zero-order valence-corrected chi connectivity index (χ0v) is 11.7. The minimum absolute atomic E-state index is 0.0911. The summed E-state index contributed by atoms with van der Waals surface area (Å²) >= 11 is 7.89. The number of hydrogen-bond acceptors (Lipinski definition) is 1. The van der Waals surface area contributed by atoms with Crippen molar-refractivity contribution in [2.75, 3.05) is 7.11 Å². The van der Waals surface area contributed by atoms with Gasteiger partial charge in [-0.2, -0.15) is 39.5 Å². The van der Waals surface area contributed by atoms with Gasteiger partial charge in [0, 0.05) is 7.11 Å². The van der Waals surface area contributed by atoms with E-state index in [4.69, 9.17) is 0 Å². The van der Waals surface area contributed by atoms with Gasteiger partial charge in [0.05, 0.1) is 0 Å². The van der Waals surface area contributed by atoms with E-state index in [1.165, 1.54) is 0 Å². The zero-order valence-electron chi connectivity index (χ0n) is 10.2. The number of ether oxygens (including phenoxy) is 1. The molecule has 0 heterocycles. The molecule has 132 valence electrons. The molecule has 13 heteroatoms. The van der Waals surface area contributed by atoms with Crippen molar-refractivity contribution in [3.63, 3.8) is 0 Å². The van der Waals surface area contributed by atoms with E-state index in [1.54, 1.807) is 0 Å². The van der Waals surface area contributed by atoms with E-state index in [0.29, 0.717) is 0 Å². The average molecular weight is 391 g/mol. The first-order valence-electron chi connectivity index (χ1n) is 4.83. The van der Waals surface area contributed by atoms with Gasteiger partial charge in [0.1, 0.15) is 0 Å². The van der Waals surface area contributed by atoms with Gasteiger partial charge >= 0.3 is 28.5 Å². The molecule has 0 aliphatic heterocycles. The van der Waals surface area contributed by atoms with Gasteiger partial charge in [0.2, 0.25) is 0 Å². The molecule has 0 spiro atoms. The first kappa shape index (κ1) is 21.6. The Kier molecular flexibility index (Phi) is 5.48. The minimum Gasteiger partial charge on any atom is -0.360 e. The molecule has 0 aromatic carbocycles. The molecule has 0 N–H and O–H groups in total. The first-order chi connectivity index (χ1) is 9.37. The molecule has 0 aromatic heterocycles. The van der Waals surface area contributed by atoms with Gasteiger partial charge in [-0.05, 0) is 17.7 Å². The van der Waals surface area contributed by atoms with Crippen molar-refractivity contribution in [1.29, 1.82) is 0 Å². The fourth-order valence-electron chi connectivity index (χ4n) is 1.36. The largest absolute Gasteiger partial charge is 0.427 e. The third-order valence-electron chi connectivity index (χ3n) is 2.64. The van der Waals surface area contributed by atoms with Gasteiger partial charge < -0.3 is 4.74 Å². The zero-order chi connectivity index (χ0) is 18.4. The molecule has 0 amide bonds. The van der Waals surface area contributed by atoms with Gasteiger partial charge in [-0.25, -0.2) is 4.39 Å². The summed E-state index contributed by atoms with van der Waals surface area (Å²) in [5, 5.41) is -11.9. The van der Waals surface area contributed by atoms with E-state index in [0.717, 1.165) is 0 Å². The highest BCUT2D eigenvalue weighted by Crippen LogP contribution is 2.61. The molecule has 1 nitrogen and oxygen atoms in total. The molecular formula is C9H6Cl2F10O. The van der Waals surface area contributed by atoms with Gasteiger partial charge in [-0.1, -0.05) is 18.2 Å². The maximum absolute atomic E-state index is 13.7. The molecule has 0 saturated heterocycles. The Morgan fingerprint density at radius 3 is 1.36 bits per heavy atom. The number of alkyl halides is 12.